The molecule has 0 spiro atoms. The van der Waals surface area contributed by atoms with Crippen LogP contribution in [-0.4, -0.2) is 5.33 Å². The second-order valence-corrected chi connectivity index (χ2v) is 5.34. The van der Waals surface area contributed by atoms with Crippen molar-refractivity contribution >= 4 is 27.3 Å². The molecule has 2 rings (SSSR count). The van der Waals surface area contributed by atoms with Gasteiger partial charge in [0.05, 0.1) is 0 Å². The smallest absolute Gasteiger partial charge is 0.126 e. The van der Waals surface area contributed by atoms with Crippen molar-refractivity contribution in [3.63, 3.8) is 0 Å². The molecule has 0 fully saturated rings. The van der Waals surface area contributed by atoms with Crippen LogP contribution in [0.2, 0.25) is 0 Å². The minimum atomic E-state index is -0.108. The van der Waals surface area contributed by atoms with E-state index in [4.69, 9.17) is 0 Å². The third-order valence-electron chi connectivity index (χ3n) is 2.56. The number of hydrogen-bond donors (Lipinski definition) is 0. The highest BCUT2D eigenvalue weighted by molar-refractivity contribution is 9.09. The van der Waals surface area contributed by atoms with Crippen LogP contribution in [0.1, 0.15) is 16.4 Å². The molecule has 0 saturated carbocycles. The van der Waals surface area contributed by atoms with Crippen LogP contribution < -0.4 is 0 Å². The Balaban J connectivity index is 2.20. The summed E-state index contributed by atoms with van der Waals surface area (Å²) in [4.78, 5) is 1.30. The molecule has 0 nitrogen and oxygen atoms in total. The number of alkyl halides is 1. The number of rotatable bonds is 4. The topological polar surface area (TPSA) is 0 Å². The Labute approximate surface area is 107 Å². The van der Waals surface area contributed by atoms with E-state index in [-0.39, 0.29) is 11.7 Å². The van der Waals surface area contributed by atoms with E-state index in [1.807, 2.05) is 18.2 Å². The highest BCUT2D eigenvalue weighted by atomic mass is 79.9. The normalized spacial score (nSPS) is 12.6. The fourth-order valence-electron chi connectivity index (χ4n) is 1.73. The van der Waals surface area contributed by atoms with Gasteiger partial charge in [-0.3, -0.25) is 0 Å². The van der Waals surface area contributed by atoms with E-state index in [1.54, 1.807) is 17.4 Å². The average Bonchev–Trinajstić information content (AvgIpc) is 2.80. The molecule has 0 amide bonds. The van der Waals surface area contributed by atoms with E-state index in [0.29, 0.717) is 0 Å². The van der Waals surface area contributed by atoms with Gasteiger partial charge in [-0.25, -0.2) is 4.39 Å². The van der Waals surface area contributed by atoms with E-state index < -0.39 is 0 Å². The number of hydrogen-bond acceptors (Lipinski definition) is 1. The second kappa shape index (κ2) is 5.60. The highest BCUT2D eigenvalue weighted by Gasteiger charge is 2.15. The molecule has 16 heavy (non-hydrogen) atoms. The van der Waals surface area contributed by atoms with E-state index in [9.17, 15) is 4.39 Å². The third-order valence-corrected chi connectivity index (χ3v) is 4.24. The zero-order valence-electron chi connectivity index (χ0n) is 8.70. The third kappa shape index (κ3) is 2.71. The van der Waals surface area contributed by atoms with E-state index in [2.05, 4.69) is 27.4 Å². The lowest BCUT2D eigenvalue weighted by molar-refractivity contribution is 0.591. The molecule has 0 aliphatic rings. The number of thiophene rings is 1. The molecule has 1 unspecified atom stereocenters. The highest BCUT2D eigenvalue weighted by Crippen LogP contribution is 2.26. The molecule has 0 aliphatic carbocycles. The largest absolute Gasteiger partial charge is 0.207 e. The molecule has 0 aliphatic heterocycles. The number of benzene rings is 1. The maximum atomic E-state index is 13.6. The van der Waals surface area contributed by atoms with Crippen LogP contribution in [0, 0.1) is 5.82 Å². The van der Waals surface area contributed by atoms with Gasteiger partial charge in [-0.15, -0.1) is 11.3 Å². The van der Waals surface area contributed by atoms with Crippen molar-refractivity contribution in [1.82, 2.24) is 0 Å². The van der Waals surface area contributed by atoms with E-state index in [0.717, 1.165) is 17.3 Å². The summed E-state index contributed by atoms with van der Waals surface area (Å²) in [6.07, 6.45) is 0.893. The Morgan fingerprint density at radius 3 is 2.62 bits per heavy atom. The summed E-state index contributed by atoms with van der Waals surface area (Å²) in [6.45, 7) is 0. The maximum absolute atomic E-state index is 13.6. The van der Waals surface area contributed by atoms with Gasteiger partial charge < -0.3 is 0 Å². The van der Waals surface area contributed by atoms with Crippen molar-refractivity contribution in [2.75, 3.05) is 5.33 Å². The fraction of sp³-hybridized carbons (Fsp3) is 0.231. The van der Waals surface area contributed by atoms with Gasteiger partial charge in [0.1, 0.15) is 5.82 Å². The summed E-state index contributed by atoms with van der Waals surface area (Å²) in [5, 5.41) is 2.84. The van der Waals surface area contributed by atoms with E-state index in [1.165, 1.54) is 10.9 Å². The molecule has 1 aromatic carbocycles. The molecular formula is C13H12BrFS. The van der Waals surface area contributed by atoms with Crippen LogP contribution >= 0.6 is 27.3 Å². The monoisotopic (exact) mass is 298 g/mol. The summed E-state index contributed by atoms with van der Waals surface area (Å²) in [7, 11) is 0. The Hall–Kier alpha value is -0.670. The van der Waals surface area contributed by atoms with Crippen LogP contribution in [0.25, 0.3) is 0 Å². The van der Waals surface area contributed by atoms with Crippen molar-refractivity contribution < 1.29 is 4.39 Å². The first-order valence-electron chi connectivity index (χ1n) is 5.14. The lowest BCUT2D eigenvalue weighted by Crippen LogP contribution is -2.05. The lowest BCUT2D eigenvalue weighted by Gasteiger charge is -2.14. The van der Waals surface area contributed by atoms with Crippen LogP contribution in [0.15, 0.2) is 41.8 Å². The van der Waals surface area contributed by atoms with Crippen molar-refractivity contribution in [2.24, 2.45) is 0 Å². The minimum absolute atomic E-state index is 0.108. The molecule has 1 aromatic heterocycles. The Morgan fingerprint density at radius 1 is 1.19 bits per heavy atom. The van der Waals surface area contributed by atoms with Gasteiger partial charge in [-0.05, 0) is 29.5 Å². The summed E-state index contributed by atoms with van der Waals surface area (Å²) < 4.78 is 13.6. The van der Waals surface area contributed by atoms with Crippen molar-refractivity contribution in [1.29, 1.82) is 0 Å². The molecule has 0 saturated heterocycles. The Morgan fingerprint density at radius 2 is 2.00 bits per heavy atom. The van der Waals surface area contributed by atoms with Crippen molar-refractivity contribution in [3.05, 3.63) is 58.0 Å². The lowest BCUT2D eigenvalue weighted by atomic mass is 9.96. The van der Waals surface area contributed by atoms with Gasteiger partial charge in [0.25, 0.3) is 0 Å². The minimum Gasteiger partial charge on any atom is -0.207 e. The van der Waals surface area contributed by atoms with Crippen molar-refractivity contribution in [2.45, 2.75) is 12.3 Å². The molecule has 84 valence electrons. The summed E-state index contributed by atoms with van der Waals surface area (Å²) in [6, 6.07) is 11.2. The molecule has 1 heterocycles. The van der Waals surface area contributed by atoms with Crippen LogP contribution in [-0.2, 0) is 6.42 Å². The number of halogens is 2. The molecule has 2 aromatic rings. The van der Waals surface area contributed by atoms with E-state index >= 15 is 0 Å². The predicted octanol–water partition coefficient (Wildman–Crippen LogP) is 4.61. The SMILES string of the molecule is Fc1ccccc1C(CBr)Cc1cccs1. The quantitative estimate of drug-likeness (QED) is 0.723. The molecule has 1 atom stereocenters. The summed E-state index contributed by atoms with van der Waals surface area (Å²) in [5.74, 6) is 0.100. The maximum Gasteiger partial charge on any atom is 0.126 e. The summed E-state index contributed by atoms with van der Waals surface area (Å²) >= 11 is 5.19. The zero-order valence-corrected chi connectivity index (χ0v) is 11.1. The Bertz CT molecular complexity index is 439. The molecular weight excluding hydrogens is 287 g/mol. The second-order valence-electron chi connectivity index (χ2n) is 3.66. The fourth-order valence-corrected chi connectivity index (χ4v) is 3.09. The predicted molar refractivity (Wildman–Crippen MR) is 71.0 cm³/mol. The average molecular weight is 299 g/mol. The first kappa shape index (κ1) is 11.8. The molecule has 0 N–H and O–H groups in total. The first-order valence-corrected chi connectivity index (χ1v) is 7.14. The van der Waals surface area contributed by atoms with Gasteiger partial charge in [-0.2, -0.15) is 0 Å². The van der Waals surface area contributed by atoms with Gasteiger partial charge in [0, 0.05) is 16.1 Å². The summed E-state index contributed by atoms with van der Waals surface area (Å²) in [5.41, 5.74) is 0.799. The Kier molecular flexibility index (Phi) is 4.13. The van der Waals surface area contributed by atoms with Gasteiger partial charge in [0.2, 0.25) is 0 Å². The first-order chi connectivity index (χ1) is 7.81. The van der Waals surface area contributed by atoms with Gasteiger partial charge in [-0.1, -0.05) is 40.2 Å². The van der Waals surface area contributed by atoms with Crippen LogP contribution in [0.4, 0.5) is 4.39 Å². The van der Waals surface area contributed by atoms with Crippen LogP contribution in [0.5, 0.6) is 0 Å². The molecule has 0 radical (unpaired) electrons. The molecule has 0 bridgehead atoms. The van der Waals surface area contributed by atoms with Crippen molar-refractivity contribution in [3.8, 4) is 0 Å². The van der Waals surface area contributed by atoms with Gasteiger partial charge in [0.15, 0.2) is 0 Å². The zero-order chi connectivity index (χ0) is 11.4. The van der Waals surface area contributed by atoms with Gasteiger partial charge >= 0.3 is 0 Å². The molecule has 3 heteroatoms. The standard InChI is InChI=1S/C13H12BrFS/c14-9-10(8-11-4-3-7-16-11)12-5-1-2-6-13(12)15/h1-7,10H,8-9H2. The van der Waals surface area contributed by atoms with Crippen LogP contribution in [0.3, 0.4) is 0 Å².